The van der Waals surface area contributed by atoms with Crippen LogP contribution in [0.15, 0.2) is 24.3 Å². The minimum Gasteiger partial charge on any atom is -0.489 e. The van der Waals surface area contributed by atoms with Crippen LogP contribution >= 0.6 is 34.5 Å². The van der Waals surface area contributed by atoms with E-state index in [1.165, 1.54) is 23.5 Å². The molecule has 1 aromatic carbocycles. The van der Waals surface area contributed by atoms with Crippen molar-refractivity contribution in [2.45, 2.75) is 26.0 Å². The average Bonchev–Trinajstić information content (AvgIpc) is 3.19. The van der Waals surface area contributed by atoms with Gasteiger partial charge in [0.2, 0.25) is 0 Å². The number of aliphatic hydroxyl groups is 1. The first-order valence-corrected chi connectivity index (χ1v) is 10.5. The van der Waals surface area contributed by atoms with Gasteiger partial charge in [0.05, 0.1) is 23.8 Å². The molecule has 0 fully saturated rings. The minimum absolute atomic E-state index is 0.0355. The van der Waals surface area contributed by atoms with Crippen LogP contribution in [0.2, 0.25) is 10.2 Å². The van der Waals surface area contributed by atoms with Gasteiger partial charge in [-0.3, -0.25) is 0 Å². The fourth-order valence-electron chi connectivity index (χ4n) is 2.37. The second-order valence-electron chi connectivity index (χ2n) is 6.58. The van der Waals surface area contributed by atoms with Crippen molar-refractivity contribution >= 4 is 34.5 Å². The molecule has 30 heavy (non-hydrogen) atoms. The van der Waals surface area contributed by atoms with Crippen LogP contribution in [0.4, 0.5) is 4.39 Å². The van der Waals surface area contributed by atoms with Gasteiger partial charge in [0.15, 0.2) is 27.5 Å². The Morgan fingerprint density at radius 1 is 1.17 bits per heavy atom. The first-order chi connectivity index (χ1) is 14.3. The molecular formula is C19H19Cl2FN4O3S. The Bertz CT molecular complexity index is 1040. The maximum Gasteiger partial charge on any atom is 0.171 e. The Labute approximate surface area is 186 Å². The van der Waals surface area contributed by atoms with E-state index in [-0.39, 0.29) is 35.2 Å². The summed E-state index contributed by atoms with van der Waals surface area (Å²) in [6, 6.07) is 5.36. The molecule has 0 unspecified atom stereocenters. The summed E-state index contributed by atoms with van der Waals surface area (Å²) in [7, 11) is 0. The van der Waals surface area contributed by atoms with Crippen molar-refractivity contribution in [3.8, 4) is 32.8 Å². The zero-order valence-electron chi connectivity index (χ0n) is 16.1. The molecule has 0 saturated carbocycles. The zero-order chi connectivity index (χ0) is 21.8. The summed E-state index contributed by atoms with van der Waals surface area (Å²) in [6.45, 7) is 3.46. The van der Waals surface area contributed by atoms with Crippen molar-refractivity contribution in [3.63, 3.8) is 0 Å². The van der Waals surface area contributed by atoms with Gasteiger partial charge in [0.1, 0.15) is 17.3 Å². The molecule has 3 N–H and O–H groups in total. The molecule has 0 aliphatic carbocycles. The highest BCUT2D eigenvalue weighted by Crippen LogP contribution is 2.37. The van der Waals surface area contributed by atoms with Crippen molar-refractivity contribution in [2.75, 3.05) is 13.2 Å². The van der Waals surface area contributed by atoms with E-state index in [0.717, 1.165) is 0 Å². The van der Waals surface area contributed by atoms with E-state index in [4.69, 9.17) is 43.5 Å². The molecule has 0 radical (unpaired) electrons. The Kier molecular flexibility index (Phi) is 7.43. The number of pyridine rings is 1. The molecule has 7 nitrogen and oxygen atoms in total. The quantitative estimate of drug-likeness (QED) is 0.473. The topological polar surface area (TPSA) is 103 Å². The lowest BCUT2D eigenvalue weighted by molar-refractivity contribution is 0.202. The summed E-state index contributed by atoms with van der Waals surface area (Å²) < 4.78 is 25.3. The fourth-order valence-corrected chi connectivity index (χ4v) is 3.71. The first-order valence-electron chi connectivity index (χ1n) is 8.94. The lowest BCUT2D eigenvalue weighted by Crippen LogP contribution is -2.31. The van der Waals surface area contributed by atoms with Crippen LogP contribution < -0.4 is 15.2 Å². The summed E-state index contributed by atoms with van der Waals surface area (Å²) in [5.74, 6) is -0.221. The van der Waals surface area contributed by atoms with E-state index in [0.29, 0.717) is 27.0 Å². The molecular weight excluding hydrogens is 454 g/mol. The third kappa shape index (κ3) is 5.35. The lowest BCUT2D eigenvalue weighted by Gasteiger charge is -2.12. The van der Waals surface area contributed by atoms with Crippen molar-refractivity contribution in [1.29, 1.82) is 0 Å². The fraction of sp³-hybridized carbons (Fsp3) is 0.316. The molecule has 1 atom stereocenters. The van der Waals surface area contributed by atoms with E-state index in [2.05, 4.69) is 15.2 Å². The summed E-state index contributed by atoms with van der Waals surface area (Å²) in [5, 5.41) is 18.5. The van der Waals surface area contributed by atoms with Gasteiger partial charge in [-0.1, -0.05) is 34.5 Å². The van der Waals surface area contributed by atoms with Gasteiger partial charge in [0.25, 0.3) is 0 Å². The van der Waals surface area contributed by atoms with Gasteiger partial charge in [-0.25, -0.2) is 9.37 Å². The molecule has 0 amide bonds. The van der Waals surface area contributed by atoms with E-state index >= 15 is 0 Å². The molecule has 2 aromatic heterocycles. The number of hydrogen-bond donors (Lipinski definition) is 2. The van der Waals surface area contributed by atoms with Crippen molar-refractivity contribution in [3.05, 3.63) is 40.3 Å². The third-order valence-electron chi connectivity index (χ3n) is 3.76. The molecule has 0 aliphatic rings. The van der Waals surface area contributed by atoms with Crippen LogP contribution in [0.25, 0.3) is 21.3 Å². The highest BCUT2D eigenvalue weighted by molar-refractivity contribution is 7.18. The number of hydrogen-bond acceptors (Lipinski definition) is 8. The van der Waals surface area contributed by atoms with E-state index in [9.17, 15) is 4.39 Å². The summed E-state index contributed by atoms with van der Waals surface area (Å²) in [4.78, 5) is 4.30. The summed E-state index contributed by atoms with van der Waals surface area (Å²) >= 11 is 13.7. The maximum absolute atomic E-state index is 14.4. The number of aromatic nitrogens is 3. The minimum atomic E-state index is -0.632. The van der Waals surface area contributed by atoms with E-state index < -0.39 is 11.9 Å². The molecule has 0 bridgehead atoms. The smallest absolute Gasteiger partial charge is 0.171 e. The van der Waals surface area contributed by atoms with Crippen LogP contribution in [0.3, 0.4) is 0 Å². The molecule has 3 aromatic rings. The highest BCUT2D eigenvalue weighted by Gasteiger charge is 2.18. The largest absolute Gasteiger partial charge is 0.489 e. The van der Waals surface area contributed by atoms with Gasteiger partial charge in [-0.05, 0) is 32.0 Å². The monoisotopic (exact) mass is 472 g/mol. The summed E-state index contributed by atoms with van der Waals surface area (Å²) in [5.41, 5.74) is 6.43. The second-order valence-corrected chi connectivity index (χ2v) is 8.32. The van der Waals surface area contributed by atoms with E-state index in [1.54, 1.807) is 12.1 Å². The molecule has 3 rings (SSSR count). The number of rotatable bonds is 8. The molecule has 0 spiro atoms. The number of nitrogens with two attached hydrogens (primary N) is 1. The van der Waals surface area contributed by atoms with Gasteiger partial charge in [-0.15, -0.1) is 10.2 Å². The van der Waals surface area contributed by atoms with Crippen LogP contribution in [0.1, 0.15) is 13.8 Å². The lowest BCUT2D eigenvalue weighted by atomic mass is 10.2. The normalized spacial score (nSPS) is 12.3. The number of ether oxygens (including phenoxy) is 2. The number of benzene rings is 1. The van der Waals surface area contributed by atoms with Crippen LogP contribution in [-0.4, -0.2) is 45.6 Å². The van der Waals surface area contributed by atoms with Gasteiger partial charge < -0.3 is 20.3 Å². The van der Waals surface area contributed by atoms with Gasteiger partial charge in [0, 0.05) is 11.6 Å². The molecule has 2 heterocycles. The first kappa shape index (κ1) is 22.6. The predicted octanol–water partition coefficient (Wildman–Crippen LogP) is 4.20. The molecule has 11 heteroatoms. The van der Waals surface area contributed by atoms with Gasteiger partial charge in [-0.2, -0.15) is 0 Å². The predicted molar refractivity (Wildman–Crippen MR) is 115 cm³/mol. The molecule has 160 valence electrons. The zero-order valence-corrected chi connectivity index (χ0v) is 18.4. The highest BCUT2D eigenvalue weighted by atomic mass is 35.5. The van der Waals surface area contributed by atoms with Crippen molar-refractivity contribution < 1.29 is 19.0 Å². The average molecular weight is 473 g/mol. The van der Waals surface area contributed by atoms with Crippen molar-refractivity contribution in [2.24, 2.45) is 5.73 Å². The maximum atomic E-state index is 14.4. The Balaban J connectivity index is 1.84. The van der Waals surface area contributed by atoms with E-state index in [1.807, 2.05) is 13.8 Å². The Hall–Kier alpha value is -2.04. The standard InChI is InChI=1S/C19H19Cl2FN4O3S/c1-9(2)29-15-4-3-14(24-17(15)21)19-26-25-18(30-19)11-5-13(22)16(6-12(11)20)28-8-10(23)7-27/h3-6,9-10,27H,7-8,23H2,1-2H3/t10-/m1/s1. The Morgan fingerprint density at radius 3 is 2.57 bits per heavy atom. The summed E-state index contributed by atoms with van der Waals surface area (Å²) in [6.07, 6.45) is -0.0355. The molecule has 0 aliphatic heterocycles. The number of halogens is 3. The second kappa shape index (κ2) is 9.84. The molecule has 0 saturated heterocycles. The SMILES string of the molecule is CC(C)Oc1ccc(-c2nnc(-c3cc(F)c(OC[C@H](N)CO)cc3Cl)s2)nc1Cl. The van der Waals surface area contributed by atoms with Crippen LogP contribution in [-0.2, 0) is 0 Å². The number of nitrogens with zero attached hydrogens (tertiary/aromatic N) is 3. The Morgan fingerprint density at radius 2 is 1.90 bits per heavy atom. The van der Waals surface area contributed by atoms with Gasteiger partial charge >= 0.3 is 0 Å². The van der Waals surface area contributed by atoms with Crippen LogP contribution in [0.5, 0.6) is 11.5 Å². The van der Waals surface area contributed by atoms with Crippen molar-refractivity contribution in [1.82, 2.24) is 15.2 Å². The van der Waals surface area contributed by atoms with Crippen LogP contribution in [0, 0.1) is 5.82 Å². The number of aliphatic hydroxyl groups excluding tert-OH is 1. The third-order valence-corrected chi connectivity index (χ3v) is 5.32.